The normalized spacial score (nSPS) is 8.88. The molecule has 0 saturated carbocycles. The number of carbonyl (C=O) groups is 1. The first-order chi connectivity index (χ1) is 7.79. The van der Waals surface area contributed by atoms with Crippen LogP contribution in [0, 0.1) is 11.8 Å². The van der Waals surface area contributed by atoms with Crippen molar-refractivity contribution in [2.24, 2.45) is 0 Å². The van der Waals surface area contributed by atoms with E-state index < -0.39 is 0 Å². The Hall–Kier alpha value is -2.02. The van der Waals surface area contributed by atoms with E-state index in [-0.39, 0.29) is 5.91 Å². The Bertz CT molecular complexity index is 419. The van der Waals surface area contributed by atoms with Crippen LogP contribution in [0.3, 0.4) is 0 Å². The Morgan fingerprint density at radius 2 is 2.44 bits per heavy atom. The number of rotatable bonds is 4. The highest BCUT2D eigenvalue weighted by Gasteiger charge is 2.11. The third kappa shape index (κ3) is 3.28. The lowest BCUT2D eigenvalue weighted by atomic mass is 10.2. The zero-order chi connectivity index (χ0) is 11.8. The second-order valence-electron chi connectivity index (χ2n) is 2.99. The molecule has 84 valence electrons. The van der Waals surface area contributed by atoms with E-state index in [0.717, 1.165) is 0 Å². The van der Waals surface area contributed by atoms with Crippen molar-refractivity contribution < 1.29 is 9.53 Å². The van der Waals surface area contributed by atoms with Gasteiger partial charge in [0, 0.05) is 19.2 Å². The molecule has 1 N–H and O–H groups in total. The van der Waals surface area contributed by atoms with Crippen molar-refractivity contribution in [2.45, 2.75) is 13.3 Å². The van der Waals surface area contributed by atoms with Crippen molar-refractivity contribution in [1.29, 1.82) is 0 Å². The molecule has 0 aliphatic rings. The minimum atomic E-state index is -0.192. The molecule has 0 atom stereocenters. The van der Waals surface area contributed by atoms with Crippen molar-refractivity contribution >= 4 is 5.91 Å². The number of ether oxygens (including phenoxy) is 1. The Labute approximate surface area is 95.0 Å². The second kappa shape index (κ2) is 6.46. The summed E-state index contributed by atoms with van der Waals surface area (Å²) in [6.07, 6.45) is 2.23. The maximum Gasteiger partial charge on any atom is 0.256 e. The number of aromatic nitrogens is 1. The van der Waals surface area contributed by atoms with Gasteiger partial charge >= 0.3 is 0 Å². The fourth-order valence-corrected chi connectivity index (χ4v) is 1.19. The van der Waals surface area contributed by atoms with Gasteiger partial charge in [-0.3, -0.25) is 4.79 Å². The van der Waals surface area contributed by atoms with Gasteiger partial charge in [-0.1, -0.05) is 0 Å². The number of hydrogen-bond acceptors (Lipinski definition) is 3. The smallest absolute Gasteiger partial charge is 0.256 e. The van der Waals surface area contributed by atoms with Crippen molar-refractivity contribution in [3.63, 3.8) is 0 Å². The highest BCUT2D eigenvalue weighted by molar-refractivity contribution is 5.96. The lowest BCUT2D eigenvalue weighted by Gasteiger charge is -2.06. The highest BCUT2D eigenvalue weighted by atomic mass is 16.5. The van der Waals surface area contributed by atoms with Crippen LogP contribution in [0.2, 0.25) is 0 Å². The van der Waals surface area contributed by atoms with Crippen molar-refractivity contribution in [2.75, 3.05) is 13.7 Å². The predicted octanol–water partition coefficient (Wildman–Crippen LogP) is 1.23. The molecule has 1 rings (SSSR count). The molecule has 0 aliphatic heterocycles. The van der Waals surface area contributed by atoms with Crippen molar-refractivity contribution in [1.82, 2.24) is 10.3 Å². The lowest BCUT2D eigenvalue weighted by Crippen LogP contribution is -2.24. The summed E-state index contributed by atoms with van der Waals surface area (Å²) in [5, 5.41) is 2.75. The van der Waals surface area contributed by atoms with Gasteiger partial charge in [-0.15, -0.1) is 11.8 Å². The SMILES string of the molecule is CC#CCCNC(=O)c1cccnc1OC. The van der Waals surface area contributed by atoms with E-state index >= 15 is 0 Å². The molecule has 0 fully saturated rings. The van der Waals surface area contributed by atoms with E-state index in [9.17, 15) is 4.79 Å². The van der Waals surface area contributed by atoms with E-state index in [1.807, 2.05) is 0 Å². The Balaban J connectivity index is 2.61. The first-order valence-corrected chi connectivity index (χ1v) is 4.96. The number of carbonyl (C=O) groups excluding carboxylic acids is 1. The monoisotopic (exact) mass is 218 g/mol. The van der Waals surface area contributed by atoms with Gasteiger partial charge in [0.15, 0.2) is 0 Å². The summed E-state index contributed by atoms with van der Waals surface area (Å²) in [5.41, 5.74) is 0.439. The van der Waals surface area contributed by atoms with Crippen LogP contribution in [0.15, 0.2) is 18.3 Å². The van der Waals surface area contributed by atoms with Gasteiger partial charge in [-0.2, -0.15) is 0 Å². The number of methoxy groups -OCH3 is 1. The molecule has 4 nitrogen and oxygen atoms in total. The van der Waals surface area contributed by atoms with Crippen LogP contribution in [0.4, 0.5) is 0 Å². The molecule has 0 saturated heterocycles. The van der Waals surface area contributed by atoms with Gasteiger partial charge in [0.2, 0.25) is 5.88 Å². The molecular formula is C12H14N2O2. The Morgan fingerprint density at radius 3 is 3.12 bits per heavy atom. The summed E-state index contributed by atoms with van der Waals surface area (Å²) in [5.74, 6) is 5.78. The van der Waals surface area contributed by atoms with Crippen LogP contribution >= 0.6 is 0 Å². The van der Waals surface area contributed by atoms with E-state index in [0.29, 0.717) is 24.4 Å². The fourth-order valence-electron chi connectivity index (χ4n) is 1.19. The fraction of sp³-hybridized carbons (Fsp3) is 0.333. The number of pyridine rings is 1. The van der Waals surface area contributed by atoms with E-state index in [1.165, 1.54) is 7.11 Å². The summed E-state index contributed by atoms with van der Waals surface area (Å²) in [6.45, 7) is 2.30. The average Bonchev–Trinajstić information content (AvgIpc) is 2.34. The molecular weight excluding hydrogens is 204 g/mol. The Morgan fingerprint density at radius 1 is 1.62 bits per heavy atom. The molecule has 16 heavy (non-hydrogen) atoms. The lowest BCUT2D eigenvalue weighted by molar-refractivity contribution is 0.0951. The topological polar surface area (TPSA) is 51.2 Å². The maximum atomic E-state index is 11.7. The van der Waals surface area contributed by atoms with Crippen molar-refractivity contribution in [3.8, 4) is 17.7 Å². The zero-order valence-electron chi connectivity index (χ0n) is 9.41. The minimum absolute atomic E-state index is 0.192. The predicted molar refractivity (Wildman–Crippen MR) is 61.2 cm³/mol. The summed E-state index contributed by atoms with van der Waals surface area (Å²) in [7, 11) is 1.49. The number of nitrogens with one attached hydrogen (secondary N) is 1. The van der Waals surface area contributed by atoms with Crippen LogP contribution in [0.1, 0.15) is 23.7 Å². The summed E-state index contributed by atoms with van der Waals surface area (Å²) in [4.78, 5) is 15.7. The zero-order valence-corrected chi connectivity index (χ0v) is 9.41. The van der Waals surface area contributed by atoms with Crippen LogP contribution in [-0.2, 0) is 0 Å². The van der Waals surface area contributed by atoms with E-state index in [4.69, 9.17) is 4.74 Å². The van der Waals surface area contributed by atoms with Crippen LogP contribution in [0.5, 0.6) is 5.88 Å². The van der Waals surface area contributed by atoms with Gasteiger partial charge in [-0.25, -0.2) is 4.98 Å². The molecule has 0 bridgehead atoms. The molecule has 0 aliphatic carbocycles. The van der Waals surface area contributed by atoms with Gasteiger partial charge in [-0.05, 0) is 19.1 Å². The number of amides is 1. The standard InChI is InChI=1S/C12H14N2O2/c1-3-4-5-8-13-11(15)10-7-6-9-14-12(10)16-2/h6-7,9H,5,8H2,1-2H3,(H,13,15). The van der Waals surface area contributed by atoms with E-state index in [1.54, 1.807) is 25.3 Å². The first-order valence-electron chi connectivity index (χ1n) is 4.96. The molecule has 4 heteroatoms. The van der Waals surface area contributed by atoms with Gasteiger partial charge < -0.3 is 10.1 Å². The van der Waals surface area contributed by atoms with Gasteiger partial charge in [0.25, 0.3) is 5.91 Å². The molecule has 1 heterocycles. The quantitative estimate of drug-likeness (QED) is 0.611. The summed E-state index contributed by atoms with van der Waals surface area (Å²) < 4.78 is 4.99. The van der Waals surface area contributed by atoms with Crippen LogP contribution in [0.25, 0.3) is 0 Å². The highest BCUT2D eigenvalue weighted by Crippen LogP contribution is 2.12. The average molecular weight is 218 g/mol. The second-order valence-corrected chi connectivity index (χ2v) is 2.99. The van der Waals surface area contributed by atoms with Gasteiger partial charge in [0.1, 0.15) is 5.56 Å². The molecule has 1 aromatic heterocycles. The Kier molecular flexibility index (Phi) is 4.87. The largest absolute Gasteiger partial charge is 0.480 e. The van der Waals surface area contributed by atoms with Crippen LogP contribution in [-0.4, -0.2) is 24.5 Å². The summed E-state index contributed by atoms with van der Waals surface area (Å²) in [6, 6.07) is 3.37. The van der Waals surface area contributed by atoms with Gasteiger partial charge in [0.05, 0.1) is 7.11 Å². The molecule has 1 amide bonds. The van der Waals surface area contributed by atoms with Crippen molar-refractivity contribution in [3.05, 3.63) is 23.9 Å². The molecule has 0 radical (unpaired) electrons. The maximum absolute atomic E-state index is 11.7. The molecule has 0 spiro atoms. The third-order valence-corrected chi connectivity index (χ3v) is 1.92. The summed E-state index contributed by atoms with van der Waals surface area (Å²) >= 11 is 0. The third-order valence-electron chi connectivity index (χ3n) is 1.92. The van der Waals surface area contributed by atoms with E-state index in [2.05, 4.69) is 22.1 Å². The molecule has 1 aromatic rings. The first kappa shape index (κ1) is 12.1. The molecule has 0 aromatic carbocycles. The molecule has 0 unspecified atom stereocenters. The number of nitrogens with zero attached hydrogens (tertiary/aromatic N) is 1. The minimum Gasteiger partial charge on any atom is -0.480 e. The van der Waals surface area contributed by atoms with Crippen LogP contribution < -0.4 is 10.1 Å². The number of hydrogen-bond donors (Lipinski definition) is 1.